The van der Waals surface area contributed by atoms with Crippen LogP contribution in [0.5, 0.6) is 5.75 Å². The molecule has 0 aliphatic carbocycles. The maximum atomic E-state index is 12.2. The Morgan fingerprint density at radius 2 is 2.50 bits per heavy atom. The number of pyridine rings is 1. The van der Waals surface area contributed by atoms with E-state index in [4.69, 9.17) is 10.5 Å². The van der Waals surface area contributed by atoms with Crippen molar-refractivity contribution in [3.05, 3.63) is 24.5 Å². The van der Waals surface area contributed by atoms with Crippen molar-refractivity contribution in [3.63, 3.8) is 0 Å². The SMILES string of the molecule is CC(Oc1cccnc1)C(=O)N1CCCC(N)C1. The molecule has 2 N–H and O–H groups in total. The van der Waals surface area contributed by atoms with Gasteiger partial charge in [0.25, 0.3) is 5.91 Å². The fraction of sp³-hybridized carbons (Fsp3) is 0.538. The lowest BCUT2D eigenvalue weighted by Crippen LogP contribution is -2.49. The fourth-order valence-corrected chi connectivity index (χ4v) is 2.14. The molecule has 2 unspecified atom stereocenters. The van der Waals surface area contributed by atoms with E-state index in [1.54, 1.807) is 36.4 Å². The minimum absolute atomic E-state index is 0.00555. The molecule has 1 aliphatic heterocycles. The van der Waals surface area contributed by atoms with Crippen LogP contribution in [0.15, 0.2) is 24.5 Å². The number of ether oxygens (including phenoxy) is 1. The second-order valence-electron chi connectivity index (χ2n) is 4.64. The van der Waals surface area contributed by atoms with Crippen LogP contribution in [0.3, 0.4) is 0 Å². The summed E-state index contributed by atoms with van der Waals surface area (Å²) in [5.41, 5.74) is 5.87. The molecule has 1 aromatic rings. The van der Waals surface area contributed by atoms with Gasteiger partial charge in [0.2, 0.25) is 0 Å². The molecule has 2 heterocycles. The predicted molar refractivity (Wildman–Crippen MR) is 68.1 cm³/mol. The molecule has 0 spiro atoms. The molecule has 0 bridgehead atoms. The summed E-state index contributed by atoms with van der Waals surface area (Å²) in [6, 6.07) is 3.66. The number of aromatic nitrogens is 1. The van der Waals surface area contributed by atoms with E-state index in [1.165, 1.54) is 0 Å². The number of hydrogen-bond acceptors (Lipinski definition) is 4. The van der Waals surface area contributed by atoms with Crippen molar-refractivity contribution in [3.8, 4) is 5.75 Å². The number of amides is 1. The van der Waals surface area contributed by atoms with Crippen LogP contribution in [0.1, 0.15) is 19.8 Å². The molecule has 1 saturated heterocycles. The summed E-state index contributed by atoms with van der Waals surface area (Å²) in [5.74, 6) is 0.605. The highest BCUT2D eigenvalue weighted by Crippen LogP contribution is 2.13. The Hall–Kier alpha value is -1.62. The van der Waals surface area contributed by atoms with Crippen molar-refractivity contribution in [1.29, 1.82) is 0 Å². The van der Waals surface area contributed by atoms with E-state index >= 15 is 0 Å². The summed E-state index contributed by atoms with van der Waals surface area (Å²) >= 11 is 0. The Kier molecular flexibility index (Phi) is 4.15. The number of carbonyl (C=O) groups excluding carboxylic acids is 1. The number of rotatable bonds is 3. The molecular weight excluding hydrogens is 230 g/mol. The molecular formula is C13H19N3O2. The highest BCUT2D eigenvalue weighted by molar-refractivity contribution is 5.81. The molecule has 98 valence electrons. The average Bonchev–Trinajstić information content (AvgIpc) is 2.39. The normalized spacial score (nSPS) is 21.4. The monoisotopic (exact) mass is 249 g/mol. The Morgan fingerprint density at radius 3 is 3.17 bits per heavy atom. The molecule has 1 aromatic heterocycles. The van der Waals surface area contributed by atoms with Gasteiger partial charge in [-0.2, -0.15) is 0 Å². The first-order chi connectivity index (χ1) is 8.66. The van der Waals surface area contributed by atoms with Crippen molar-refractivity contribution in [2.45, 2.75) is 31.9 Å². The topological polar surface area (TPSA) is 68.5 Å². The van der Waals surface area contributed by atoms with Crippen LogP contribution in [0.4, 0.5) is 0 Å². The summed E-state index contributed by atoms with van der Waals surface area (Å²) in [5, 5.41) is 0. The maximum absolute atomic E-state index is 12.2. The van der Waals surface area contributed by atoms with Gasteiger partial charge >= 0.3 is 0 Å². The fourth-order valence-electron chi connectivity index (χ4n) is 2.14. The number of carbonyl (C=O) groups is 1. The lowest BCUT2D eigenvalue weighted by molar-refractivity contribution is -0.139. The van der Waals surface area contributed by atoms with Crippen LogP contribution in [-0.4, -0.2) is 41.0 Å². The third-order valence-corrected chi connectivity index (χ3v) is 3.06. The standard InChI is InChI=1S/C13H19N3O2/c1-10(18-12-5-2-6-15-8-12)13(17)16-7-3-4-11(14)9-16/h2,5-6,8,10-11H,3-4,7,9,14H2,1H3. The third kappa shape index (κ3) is 3.20. The van der Waals surface area contributed by atoms with Crippen LogP contribution < -0.4 is 10.5 Å². The minimum atomic E-state index is -0.500. The molecule has 0 aromatic carbocycles. The van der Waals surface area contributed by atoms with Gasteiger partial charge in [0, 0.05) is 25.3 Å². The molecule has 5 nitrogen and oxygen atoms in total. The Labute approximate surface area is 107 Å². The molecule has 1 aliphatic rings. The first-order valence-corrected chi connectivity index (χ1v) is 6.28. The van der Waals surface area contributed by atoms with Crippen LogP contribution in [-0.2, 0) is 4.79 Å². The van der Waals surface area contributed by atoms with E-state index in [0.717, 1.165) is 19.4 Å². The van der Waals surface area contributed by atoms with E-state index in [2.05, 4.69) is 4.98 Å². The van der Waals surface area contributed by atoms with Gasteiger partial charge < -0.3 is 15.4 Å². The predicted octanol–water partition coefficient (Wildman–Crippen LogP) is 0.799. The van der Waals surface area contributed by atoms with Gasteiger partial charge in [-0.3, -0.25) is 9.78 Å². The van der Waals surface area contributed by atoms with Gasteiger partial charge in [-0.25, -0.2) is 0 Å². The summed E-state index contributed by atoms with van der Waals surface area (Å²) in [6.45, 7) is 3.16. The number of piperidine rings is 1. The lowest BCUT2D eigenvalue weighted by Gasteiger charge is -2.32. The molecule has 2 atom stereocenters. The zero-order valence-corrected chi connectivity index (χ0v) is 10.6. The first-order valence-electron chi connectivity index (χ1n) is 6.28. The van der Waals surface area contributed by atoms with Gasteiger partial charge in [-0.05, 0) is 31.9 Å². The molecule has 0 radical (unpaired) electrons. The highest BCUT2D eigenvalue weighted by Gasteiger charge is 2.26. The quantitative estimate of drug-likeness (QED) is 0.860. The van der Waals surface area contributed by atoms with E-state index < -0.39 is 6.10 Å². The van der Waals surface area contributed by atoms with Crippen LogP contribution in [0.2, 0.25) is 0 Å². The zero-order valence-electron chi connectivity index (χ0n) is 10.6. The van der Waals surface area contributed by atoms with Crippen LogP contribution >= 0.6 is 0 Å². The first kappa shape index (κ1) is 12.8. The second kappa shape index (κ2) is 5.82. The van der Waals surface area contributed by atoms with Gasteiger partial charge in [0.15, 0.2) is 6.10 Å². The zero-order chi connectivity index (χ0) is 13.0. The summed E-state index contributed by atoms with van der Waals surface area (Å²) in [4.78, 5) is 17.9. The van der Waals surface area contributed by atoms with Gasteiger partial charge in [0.05, 0.1) is 6.20 Å². The van der Waals surface area contributed by atoms with E-state index in [-0.39, 0.29) is 11.9 Å². The number of likely N-dealkylation sites (tertiary alicyclic amines) is 1. The van der Waals surface area contributed by atoms with Crippen molar-refractivity contribution in [2.24, 2.45) is 5.73 Å². The third-order valence-electron chi connectivity index (χ3n) is 3.06. The van der Waals surface area contributed by atoms with Crippen molar-refractivity contribution in [1.82, 2.24) is 9.88 Å². The molecule has 5 heteroatoms. The number of nitrogens with two attached hydrogens (primary N) is 1. The van der Waals surface area contributed by atoms with Crippen molar-refractivity contribution in [2.75, 3.05) is 13.1 Å². The molecule has 1 amide bonds. The average molecular weight is 249 g/mol. The van der Waals surface area contributed by atoms with E-state index in [0.29, 0.717) is 12.3 Å². The van der Waals surface area contributed by atoms with Gasteiger partial charge in [-0.15, -0.1) is 0 Å². The van der Waals surface area contributed by atoms with Gasteiger partial charge in [-0.1, -0.05) is 0 Å². The maximum Gasteiger partial charge on any atom is 0.263 e. The molecule has 18 heavy (non-hydrogen) atoms. The molecule has 2 rings (SSSR count). The Morgan fingerprint density at radius 1 is 1.67 bits per heavy atom. The van der Waals surface area contributed by atoms with E-state index in [1.807, 2.05) is 0 Å². The van der Waals surface area contributed by atoms with Crippen LogP contribution in [0.25, 0.3) is 0 Å². The van der Waals surface area contributed by atoms with Crippen LogP contribution in [0, 0.1) is 0 Å². The van der Waals surface area contributed by atoms with E-state index in [9.17, 15) is 4.79 Å². The molecule has 0 saturated carbocycles. The number of nitrogens with zero attached hydrogens (tertiary/aromatic N) is 2. The Bertz CT molecular complexity index is 396. The molecule has 1 fully saturated rings. The highest BCUT2D eigenvalue weighted by atomic mass is 16.5. The Balaban J connectivity index is 1.92. The largest absolute Gasteiger partial charge is 0.479 e. The van der Waals surface area contributed by atoms with Crippen molar-refractivity contribution >= 4 is 5.91 Å². The lowest BCUT2D eigenvalue weighted by atomic mass is 10.1. The second-order valence-corrected chi connectivity index (χ2v) is 4.64. The smallest absolute Gasteiger partial charge is 0.263 e. The minimum Gasteiger partial charge on any atom is -0.479 e. The summed E-state index contributed by atoms with van der Waals surface area (Å²) < 4.78 is 5.57. The summed E-state index contributed by atoms with van der Waals surface area (Å²) in [6.07, 6.45) is 4.72. The van der Waals surface area contributed by atoms with Crippen molar-refractivity contribution < 1.29 is 9.53 Å². The summed E-state index contributed by atoms with van der Waals surface area (Å²) in [7, 11) is 0. The van der Waals surface area contributed by atoms with Gasteiger partial charge in [0.1, 0.15) is 5.75 Å². The number of hydrogen-bond donors (Lipinski definition) is 1.